The second kappa shape index (κ2) is 5.34. The van der Waals surface area contributed by atoms with Gasteiger partial charge in [-0.05, 0) is 34.1 Å². The van der Waals surface area contributed by atoms with E-state index in [1.807, 2.05) is 0 Å². The fraction of sp³-hybridized carbons (Fsp3) is 0.0909. The molecule has 0 unspecified atom stereocenters. The molecule has 0 aliphatic rings. The molecule has 0 saturated heterocycles. The number of rotatable bonds is 1. The van der Waals surface area contributed by atoms with Gasteiger partial charge in [0.15, 0.2) is 0 Å². The molecule has 0 atom stereocenters. The Morgan fingerprint density at radius 3 is 2.47 bits per heavy atom. The number of nitrogens with one attached hydrogen (secondary N) is 1. The van der Waals surface area contributed by atoms with Gasteiger partial charge in [-0.25, -0.2) is 4.98 Å². The van der Waals surface area contributed by atoms with E-state index >= 15 is 0 Å². The topological polar surface area (TPSA) is 28.7 Å². The van der Waals surface area contributed by atoms with E-state index in [1.165, 1.54) is 18.3 Å². The van der Waals surface area contributed by atoms with E-state index in [0.29, 0.717) is 13.6 Å². The fourth-order valence-corrected chi connectivity index (χ4v) is 2.19. The third-order valence-corrected chi connectivity index (χ3v) is 3.98. The molecule has 2 rings (SSSR count). The molecule has 0 radical (unpaired) electrons. The van der Waals surface area contributed by atoms with Gasteiger partial charge in [0.05, 0.1) is 10.0 Å². The van der Waals surface area contributed by atoms with E-state index in [0.717, 1.165) is 6.07 Å². The first kappa shape index (κ1) is 14.7. The number of hydrogen-bond acceptors (Lipinski definition) is 2. The molecule has 0 spiro atoms. The van der Waals surface area contributed by atoms with Gasteiger partial charge in [0, 0.05) is 16.2 Å². The van der Waals surface area contributed by atoms with E-state index < -0.39 is 11.7 Å². The van der Waals surface area contributed by atoms with Crippen molar-refractivity contribution in [1.82, 2.24) is 9.97 Å². The molecule has 2 nitrogen and oxygen atoms in total. The molecular weight excluding hydrogens is 409 g/mol. The van der Waals surface area contributed by atoms with Crippen molar-refractivity contribution >= 4 is 44.1 Å². The fourth-order valence-electron chi connectivity index (χ4n) is 1.47. The van der Waals surface area contributed by atoms with Gasteiger partial charge in [-0.2, -0.15) is 13.2 Å². The molecule has 1 aromatic carbocycles. The molecule has 0 bridgehead atoms. The third-order valence-electron chi connectivity index (χ3n) is 2.30. The van der Waals surface area contributed by atoms with Gasteiger partial charge >= 0.3 is 6.18 Å². The number of alkyl halides is 3. The number of hydrogen-bond donors (Lipinski definition) is 1. The maximum atomic E-state index is 13.0. The summed E-state index contributed by atoms with van der Waals surface area (Å²) in [5.74, 6) is 0.0769. The van der Waals surface area contributed by atoms with Gasteiger partial charge in [0.25, 0.3) is 0 Å². The molecule has 0 fully saturated rings. The lowest BCUT2D eigenvalue weighted by Crippen LogP contribution is -2.08. The van der Waals surface area contributed by atoms with Gasteiger partial charge in [-0.1, -0.05) is 28.1 Å². The van der Waals surface area contributed by atoms with Crippen LogP contribution in [0.1, 0.15) is 5.56 Å². The maximum Gasteiger partial charge on any atom is 0.417 e. The van der Waals surface area contributed by atoms with Crippen LogP contribution in [0.4, 0.5) is 13.2 Å². The lowest BCUT2D eigenvalue weighted by Gasteiger charge is -2.12. The summed E-state index contributed by atoms with van der Waals surface area (Å²) in [4.78, 5) is 6.59. The van der Waals surface area contributed by atoms with Crippen molar-refractivity contribution in [2.75, 3.05) is 0 Å². The first-order chi connectivity index (χ1) is 8.79. The summed E-state index contributed by atoms with van der Waals surface area (Å²) < 4.78 is 40.2. The highest BCUT2D eigenvalue weighted by Gasteiger charge is 2.34. The number of H-pyrrole nitrogens is 1. The maximum absolute atomic E-state index is 13.0. The predicted octanol–water partition coefficient (Wildman–Crippen LogP) is 5.35. The number of aromatic amines is 1. The Kier molecular flexibility index (Phi) is 4.12. The van der Waals surface area contributed by atoms with Gasteiger partial charge in [-0.15, -0.1) is 0 Å². The zero-order valence-corrected chi connectivity index (χ0v) is 13.0. The second-order valence-corrected chi connectivity index (χ2v) is 5.77. The second-order valence-electron chi connectivity index (χ2n) is 3.60. The minimum atomic E-state index is -4.47. The third kappa shape index (κ3) is 3.24. The standard InChI is InChI=1S/C11H5Br2F3N2S/c12-5-1-2-6(7(3-5)11(14,15)16)9-17-4-8(13)10(19)18-9/h1-4H,(H,17,18,19). The van der Waals surface area contributed by atoms with E-state index in [9.17, 15) is 13.2 Å². The van der Waals surface area contributed by atoms with Crippen LogP contribution in [-0.4, -0.2) is 9.97 Å². The quantitative estimate of drug-likeness (QED) is 0.638. The average Bonchev–Trinajstić information content (AvgIpc) is 2.32. The number of aromatic nitrogens is 2. The van der Waals surface area contributed by atoms with Crippen LogP contribution < -0.4 is 0 Å². The lowest BCUT2D eigenvalue weighted by molar-refractivity contribution is -0.137. The molecule has 2 aromatic rings. The van der Waals surface area contributed by atoms with Crippen LogP contribution >= 0.6 is 44.1 Å². The zero-order valence-electron chi connectivity index (χ0n) is 9.05. The van der Waals surface area contributed by atoms with E-state index in [1.54, 1.807) is 0 Å². The van der Waals surface area contributed by atoms with Crippen molar-refractivity contribution in [3.8, 4) is 11.4 Å². The summed E-state index contributed by atoms with van der Waals surface area (Å²) in [7, 11) is 0. The first-order valence-electron chi connectivity index (χ1n) is 4.91. The van der Waals surface area contributed by atoms with Gasteiger partial charge < -0.3 is 4.98 Å². The summed E-state index contributed by atoms with van der Waals surface area (Å²) in [5.41, 5.74) is -0.823. The molecule has 19 heavy (non-hydrogen) atoms. The van der Waals surface area contributed by atoms with Crippen molar-refractivity contribution in [3.05, 3.63) is 43.5 Å². The Balaban J connectivity index is 2.68. The molecule has 1 heterocycles. The lowest BCUT2D eigenvalue weighted by atomic mass is 10.1. The Labute approximate surface area is 128 Å². The van der Waals surface area contributed by atoms with Crippen molar-refractivity contribution in [1.29, 1.82) is 0 Å². The van der Waals surface area contributed by atoms with Crippen LogP contribution in [0.25, 0.3) is 11.4 Å². The SMILES string of the molecule is FC(F)(F)c1cc(Br)ccc1-c1ncc(Br)c(=S)[nH]1. The highest BCUT2D eigenvalue weighted by molar-refractivity contribution is 9.10. The smallest absolute Gasteiger partial charge is 0.330 e. The summed E-state index contributed by atoms with van der Waals surface area (Å²) in [6, 6.07) is 3.87. The highest BCUT2D eigenvalue weighted by Crippen LogP contribution is 2.37. The van der Waals surface area contributed by atoms with Crippen LogP contribution in [0.2, 0.25) is 0 Å². The normalized spacial score (nSPS) is 11.6. The van der Waals surface area contributed by atoms with Gasteiger partial charge in [0.2, 0.25) is 0 Å². The molecular formula is C11H5Br2F3N2S. The molecule has 0 amide bonds. The minimum absolute atomic E-state index is 0.0469. The van der Waals surface area contributed by atoms with Crippen molar-refractivity contribution in [2.45, 2.75) is 6.18 Å². The Bertz CT molecular complexity index is 682. The molecule has 1 N–H and O–H groups in total. The zero-order chi connectivity index (χ0) is 14.2. The van der Waals surface area contributed by atoms with E-state index in [2.05, 4.69) is 41.8 Å². The summed E-state index contributed by atoms with van der Waals surface area (Å²) in [6.45, 7) is 0. The molecule has 0 aliphatic carbocycles. The monoisotopic (exact) mass is 412 g/mol. The van der Waals surface area contributed by atoms with Crippen molar-refractivity contribution in [3.63, 3.8) is 0 Å². The Hall–Kier alpha value is -0.730. The van der Waals surface area contributed by atoms with Crippen LogP contribution in [0, 0.1) is 4.64 Å². The van der Waals surface area contributed by atoms with Crippen molar-refractivity contribution in [2.24, 2.45) is 0 Å². The van der Waals surface area contributed by atoms with Crippen LogP contribution in [-0.2, 0) is 6.18 Å². The van der Waals surface area contributed by atoms with E-state index in [4.69, 9.17) is 12.2 Å². The van der Waals surface area contributed by atoms with E-state index in [-0.39, 0.29) is 11.4 Å². The molecule has 0 saturated carbocycles. The molecule has 1 aromatic heterocycles. The Morgan fingerprint density at radius 1 is 1.21 bits per heavy atom. The molecule has 8 heteroatoms. The van der Waals surface area contributed by atoms with Crippen LogP contribution in [0.15, 0.2) is 33.3 Å². The van der Waals surface area contributed by atoms with Crippen LogP contribution in [0.3, 0.4) is 0 Å². The number of benzene rings is 1. The van der Waals surface area contributed by atoms with Crippen LogP contribution in [0.5, 0.6) is 0 Å². The summed E-state index contributed by atoms with van der Waals surface area (Å²) in [5, 5.41) is 0. The first-order valence-corrected chi connectivity index (χ1v) is 6.90. The number of halogens is 5. The van der Waals surface area contributed by atoms with Gasteiger partial charge in [-0.3, -0.25) is 0 Å². The predicted molar refractivity (Wildman–Crippen MR) is 75.3 cm³/mol. The van der Waals surface area contributed by atoms with Gasteiger partial charge in [0.1, 0.15) is 10.5 Å². The minimum Gasteiger partial charge on any atom is -0.330 e. The Morgan fingerprint density at radius 2 is 1.89 bits per heavy atom. The molecule has 0 aliphatic heterocycles. The highest BCUT2D eigenvalue weighted by atomic mass is 79.9. The van der Waals surface area contributed by atoms with Crippen molar-refractivity contribution < 1.29 is 13.2 Å². The number of nitrogens with zero attached hydrogens (tertiary/aromatic N) is 1. The largest absolute Gasteiger partial charge is 0.417 e. The average molecular weight is 414 g/mol. The molecule has 100 valence electrons. The summed E-state index contributed by atoms with van der Waals surface area (Å²) in [6.07, 6.45) is -3.10. The summed E-state index contributed by atoms with van der Waals surface area (Å²) >= 11 is 11.1.